The minimum absolute atomic E-state index is 0.0173. The predicted molar refractivity (Wildman–Crippen MR) is 101 cm³/mol. The molecule has 1 unspecified atom stereocenters. The van der Waals surface area contributed by atoms with Crippen molar-refractivity contribution in [2.75, 3.05) is 19.8 Å². The molecule has 0 heterocycles. The van der Waals surface area contributed by atoms with Gasteiger partial charge in [0.15, 0.2) is 0 Å². The van der Waals surface area contributed by atoms with Crippen LogP contribution in [-0.2, 0) is 32.2 Å². The molecular formula is C20H24N2O6. The highest BCUT2D eigenvalue weighted by Crippen LogP contribution is 2.05. The lowest BCUT2D eigenvalue weighted by Gasteiger charge is -2.17. The third kappa shape index (κ3) is 9.02. The summed E-state index contributed by atoms with van der Waals surface area (Å²) >= 11 is 0. The van der Waals surface area contributed by atoms with Crippen molar-refractivity contribution in [3.05, 3.63) is 71.8 Å². The quantitative estimate of drug-likeness (QED) is 0.452. The Labute approximate surface area is 163 Å². The van der Waals surface area contributed by atoms with Gasteiger partial charge in [0.2, 0.25) is 6.29 Å². The number of nitrogens with two attached hydrogens (primary N) is 1. The summed E-state index contributed by atoms with van der Waals surface area (Å²) < 4.78 is 20.8. The third-order valence-corrected chi connectivity index (χ3v) is 3.51. The average Bonchev–Trinajstić information content (AvgIpc) is 2.71. The SMILES string of the molecule is NC(=O)OC(COCCNC(=O)OCc1ccccc1)OCc1ccccc1. The van der Waals surface area contributed by atoms with E-state index in [4.69, 9.17) is 24.7 Å². The molecule has 0 aliphatic carbocycles. The summed E-state index contributed by atoms with van der Waals surface area (Å²) in [5, 5.41) is 2.57. The molecule has 2 rings (SSSR count). The van der Waals surface area contributed by atoms with Crippen molar-refractivity contribution in [3.63, 3.8) is 0 Å². The van der Waals surface area contributed by atoms with Crippen molar-refractivity contribution in [2.24, 2.45) is 5.73 Å². The number of carbonyl (C=O) groups is 2. The highest BCUT2D eigenvalue weighted by molar-refractivity contribution is 5.67. The van der Waals surface area contributed by atoms with Crippen molar-refractivity contribution < 1.29 is 28.5 Å². The smallest absolute Gasteiger partial charge is 0.407 e. The molecule has 0 saturated heterocycles. The summed E-state index contributed by atoms with van der Waals surface area (Å²) in [6.07, 6.45) is -2.44. The van der Waals surface area contributed by atoms with Crippen molar-refractivity contribution in [2.45, 2.75) is 19.5 Å². The molecule has 3 N–H and O–H groups in total. The molecule has 0 aromatic heterocycles. The van der Waals surface area contributed by atoms with Crippen LogP contribution in [0.25, 0.3) is 0 Å². The van der Waals surface area contributed by atoms with Crippen LogP contribution >= 0.6 is 0 Å². The van der Waals surface area contributed by atoms with Gasteiger partial charge in [0.05, 0.1) is 13.2 Å². The molecular weight excluding hydrogens is 364 g/mol. The number of hydrogen-bond donors (Lipinski definition) is 2. The Morgan fingerprint density at radius 2 is 1.54 bits per heavy atom. The van der Waals surface area contributed by atoms with Crippen LogP contribution in [-0.4, -0.2) is 38.2 Å². The molecule has 150 valence electrons. The number of amides is 2. The number of primary amides is 1. The van der Waals surface area contributed by atoms with Gasteiger partial charge in [0.25, 0.3) is 0 Å². The topological polar surface area (TPSA) is 109 Å². The molecule has 8 heteroatoms. The normalized spacial score (nSPS) is 11.4. The average molecular weight is 388 g/mol. The van der Waals surface area contributed by atoms with Gasteiger partial charge in [0, 0.05) is 6.54 Å². The van der Waals surface area contributed by atoms with Gasteiger partial charge >= 0.3 is 12.2 Å². The molecule has 1 atom stereocenters. The Morgan fingerprint density at radius 3 is 2.14 bits per heavy atom. The lowest BCUT2D eigenvalue weighted by atomic mass is 10.2. The van der Waals surface area contributed by atoms with Gasteiger partial charge in [-0.15, -0.1) is 0 Å². The Bertz CT molecular complexity index is 711. The van der Waals surface area contributed by atoms with E-state index in [1.54, 1.807) is 0 Å². The first-order valence-electron chi connectivity index (χ1n) is 8.77. The van der Waals surface area contributed by atoms with Crippen molar-refractivity contribution in [1.82, 2.24) is 5.32 Å². The van der Waals surface area contributed by atoms with E-state index in [1.165, 1.54) is 0 Å². The highest BCUT2D eigenvalue weighted by Gasteiger charge is 2.13. The maximum atomic E-state index is 11.6. The van der Waals surface area contributed by atoms with Gasteiger partial charge in [-0.25, -0.2) is 9.59 Å². The van der Waals surface area contributed by atoms with Crippen LogP contribution in [0.15, 0.2) is 60.7 Å². The fraction of sp³-hybridized carbons (Fsp3) is 0.300. The van der Waals surface area contributed by atoms with Crippen LogP contribution in [0.3, 0.4) is 0 Å². The molecule has 0 saturated carbocycles. The lowest BCUT2D eigenvalue weighted by molar-refractivity contribution is -0.144. The second-order valence-electron chi connectivity index (χ2n) is 5.73. The fourth-order valence-corrected chi connectivity index (χ4v) is 2.19. The first kappa shape index (κ1) is 21.2. The summed E-state index contributed by atoms with van der Waals surface area (Å²) in [6, 6.07) is 18.8. The second-order valence-corrected chi connectivity index (χ2v) is 5.73. The van der Waals surface area contributed by atoms with E-state index < -0.39 is 18.5 Å². The van der Waals surface area contributed by atoms with Crippen molar-refractivity contribution >= 4 is 12.2 Å². The molecule has 2 aromatic rings. The molecule has 0 spiro atoms. The Hall–Kier alpha value is -3.10. The molecule has 0 radical (unpaired) electrons. The summed E-state index contributed by atoms with van der Waals surface area (Å²) in [5.41, 5.74) is 6.86. The number of alkyl carbamates (subject to hydrolysis) is 1. The van der Waals surface area contributed by atoms with Crippen LogP contribution in [0.2, 0.25) is 0 Å². The number of carbonyl (C=O) groups excluding carboxylic acids is 2. The van der Waals surface area contributed by atoms with E-state index >= 15 is 0 Å². The fourth-order valence-electron chi connectivity index (χ4n) is 2.19. The summed E-state index contributed by atoms with van der Waals surface area (Å²) in [6.45, 7) is 0.835. The van der Waals surface area contributed by atoms with Crippen LogP contribution in [0.1, 0.15) is 11.1 Å². The van der Waals surface area contributed by atoms with Gasteiger partial charge < -0.3 is 30.0 Å². The van der Waals surface area contributed by atoms with Gasteiger partial charge in [-0.1, -0.05) is 60.7 Å². The van der Waals surface area contributed by atoms with Crippen LogP contribution < -0.4 is 11.1 Å². The minimum atomic E-state index is -0.954. The van der Waals surface area contributed by atoms with Crippen LogP contribution in [0.5, 0.6) is 0 Å². The minimum Gasteiger partial charge on any atom is -0.445 e. The Balaban J connectivity index is 1.60. The lowest BCUT2D eigenvalue weighted by Crippen LogP contribution is -2.32. The van der Waals surface area contributed by atoms with Gasteiger partial charge in [-0.05, 0) is 11.1 Å². The number of ether oxygens (including phenoxy) is 4. The first-order chi connectivity index (χ1) is 13.6. The van der Waals surface area contributed by atoms with E-state index in [9.17, 15) is 9.59 Å². The summed E-state index contributed by atoms with van der Waals surface area (Å²) in [4.78, 5) is 22.6. The Morgan fingerprint density at radius 1 is 0.929 bits per heavy atom. The molecule has 0 aliphatic heterocycles. The number of benzene rings is 2. The molecule has 28 heavy (non-hydrogen) atoms. The van der Waals surface area contributed by atoms with Crippen LogP contribution in [0, 0.1) is 0 Å². The largest absolute Gasteiger partial charge is 0.445 e. The molecule has 8 nitrogen and oxygen atoms in total. The van der Waals surface area contributed by atoms with E-state index in [0.29, 0.717) is 0 Å². The predicted octanol–water partition coefficient (Wildman–Crippen LogP) is 2.57. The molecule has 2 aromatic carbocycles. The van der Waals surface area contributed by atoms with E-state index in [-0.39, 0.29) is 33.0 Å². The van der Waals surface area contributed by atoms with Gasteiger partial charge in [-0.2, -0.15) is 0 Å². The zero-order valence-corrected chi connectivity index (χ0v) is 15.4. The zero-order chi connectivity index (χ0) is 20.0. The van der Waals surface area contributed by atoms with Gasteiger partial charge in [-0.3, -0.25) is 0 Å². The van der Waals surface area contributed by atoms with Crippen LogP contribution in [0.4, 0.5) is 9.59 Å². The standard InChI is InChI=1S/C20H24N2O6/c21-19(23)28-18(26-13-16-7-3-1-4-8-16)15-25-12-11-22-20(24)27-14-17-9-5-2-6-10-17/h1-10,18H,11-15H2,(H2,21,23)(H,22,24). The molecule has 0 fully saturated rings. The van der Waals surface area contributed by atoms with E-state index in [0.717, 1.165) is 11.1 Å². The maximum absolute atomic E-state index is 11.6. The highest BCUT2D eigenvalue weighted by atomic mass is 16.7. The van der Waals surface area contributed by atoms with Crippen molar-refractivity contribution in [3.8, 4) is 0 Å². The monoisotopic (exact) mass is 388 g/mol. The van der Waals surface area contributed by atoms with Crippen molar-refractivity contribution in [1.29, 1.82) is 0 Å². The number of rotatable bonds is 11. The zero-order valence-electron chi connectivity index (χ0n) is 15.4. The van der Waals surface area contributed by atoms with E-state index in [1.807, 2.05) is 60.7 Å². The first-order valence-corrected chi connectivity index (χ1v) is 8.77. The Kier molecular flexibility index (Phi) is 9.33. The summed E-state index contributed by atoms with van der Waals surface area (Å²) in [5.74, 6) is 0. The molecule has 0 bridgehead atoms. The maximum Gasteiger partial charge on any atom is 0.407 e. The molecule has 0 aliphatic rings. The number of hydrogen-bond acceptors (Lipinski definition) is 6. The number of nitrogens with one attached hydrogen (secondary N) is 1. The second kappa shape index (κ2) is 12.3. The summed E-state index contributed by atoms with van der Waals surface area (Å²) in [7, 11) is 0. The molecule has 2 amide bonds. The van der Waals surface area contributed by atoms with Gasteiger partial charge in [0.1, 0.15) is 13.2 Å². The van der Waals surface area contributed by atoms with E-state index in [2.05, 4.69) is 5.32 Å². The third-order valence-electron chi connectivity index (χ3n) is 3.51.